The van der Waals surface area contributed by atoms with Gasteiger partial charge in [-0.25, -0.2) is 4.79 Å². The maximum atomic E-state index is 11.4. The predicted molar refractivity (Wildman–Crippen MR) is 92.1 cm³/mol. The van der Waals surface area contributed by atoms with Gasteiger partial charge in [-0.3, -0.25) is 0 Å². The zero-order chi connectivity index (χ0) is 17.0. The third-order valence-electron chi connectivity index (χ3n) is 3.62. The van der Waals surface area contributed by atoms with Crippen molar-refractivity contribution in [1.82, 2.24) is 4.90 Å². The van der Waals surface area contributed by atoms with Crippen LogP contribution in [0.25, 0.3) is 0 Å². The lowest BCUT2D eigenvalue weighted by atomic mass is 10.1. The number of hydrogen-bond donors (Lipinski definition) is 1. The van der Waals surface area contributed by atoms with E-state index in [0.29, 0.717) is 0 Å². The molecule has 4 nitrogen and oxygen atoms in total. The summed E-state index contributed by atoms with van der Waals surface area (Å²) in [5.41, 5.74) is -0.361. The highest BCUT2D eigenvalue weighted by molar-refractivity contribution is 5.68. The van der Waals surface area contributed by atoms with Crippen molar-refractivity contribution in [2.45, 2.75) is 97.7 Å². The fourth-order valence-electron chi connectivity index (χ4n) is 2.24. The van der Waals surface area contributed by atoms with E-state index in [1.54, 1.807) is 4.90 Å². The molecule has 1 aliphatic rings. The molecule has 1 saturated heterocycles. The molecule has 0 aliphatic carbocycles. The van der Waals surface area contributed by atoms with Crippen LogP contribution in [0.1, 0.15) is 86.0 Å². The molecule has 4 heteroatoms. The van der Waals surface area contributed by atoms with E-state index < -0.39 is 0 Å². The van der Waals surface area contributed by atoms with E-state index in [2.05, 4.69) is 6.92 Å². The quantitative estimate of drug-likeness (QED) is 0.720. The normalized spacial score (nSPS) is 16.0. The third kappa shape index (κ3) is 11.8. The molecule has 1 rings (SSSR count). The fourth-order valence-corrected chi connectivity index (χ4v) is 2.24. The number of unbranched alkanes of at least 4 members (excludes halogenated alkanes) is 3. The number of carbonyl (C=O) groups excluding carboxylic acids is 1. The Morgan fingerprint density at radius 2 is 1.73 bits per heavy atom. The number of rotatable bonds is 6. The SMILES string of the molecule is CC(C)(C)OC(=O)N1CCCC1.CCCCCCC(O)CC. The zero-order valence-corrected chi connectivity index (χ0v) is 15.4. The Labute approximate surface area is 137 Å². The molecule has 1 aliphatic heterocycles. The largest absolute Gasteiger partial charge is 0.444 e. The van der Waals surface area contributed by atoms with Crippen LogP contribution in [0, 0.1) is 0 Å². The van der Waals surface area contributed by atoms with Crippen LogP contribution in [-0.4, -0.2) is 40.9 Å². The fraction of sp³-hybridized carbons (Fsp3) is 0.944. The number of aliphatic hydroxyl groups excluding tert-OH is 1. The molecule has 1 heterocycles. The Balaban J connectivity index is 0.000000409. The van der Waals surface area contributed by atoms with E-state index in [1.165, 1.54) is 25.7 Å². The first-order valence-corrected chi connectivity index (χ1v) is 8.96. The Bertz CT molecular complexity index is 281. The third-order valence-corrected chi connectivity index (χ3v) is 3.62. The van der Waals surface area contributed by atoms with Gasteiger partial charge in [0.15, 0.2) is 0 Å². The number of amides is 1. The van der Waals surface area contributed by atoms with Crippen LogP contribution in [0.3, 0.4) is 0 Å². The van der Waals surface area contributed by atoms with Crippen molar-refractivity contribution in [2.24, 2.45) is 0 Å². The van der Waals surface area contributed by atoms with Crippen LogP contribution >= 0.6 is 0 Å². The second-order valence-electron chi connectivity index (χ2n) is 7.09. The summed E-state index contributed by atoms with van der Waals surface area (Å²) >= 11 is 0. The molecular formula is C18H37NO3. The minimum Gasteiger partial charge on any atom is -0.444 e. The van der Waals surface area contributed by atoms with Gasteiger partial charge in [-0.2, -0.15) is 0 Å². The van der Waals surface area contributed by atoms with Gasteiger partial charge in [0.2, 0.25) is 0 Å². The monoisotopic (exact) mass is 315 g/mol. The van der Waals surface area contributed by atoms with E-state index in [-0.39, 0.29) is 17.8 Å². The van der Waals surface area contributed by atoms with Crippen molar-refractivity contribution in [3.05, 3.63) is 0 Å². The first-order valence-electron chi connectivity index (χ1n) is 8.96. The van der Waals surface area contributed by atoms with Gasteiger partial charge >= 0.3 is 6.09 Å². The van der Waals surface area contributed by atoms with Crippen LogP contribution in [-0.2, 0) is 4.74 Å². The summed E-state index contributed by atoms with van der Waals surface area (Å²) in [5.74, 6) is 0. The average molecular weight is 315 g/mol. The van der Waals surface area contributed by atoms with E-state index >= 15 is 0 Å². The molecule has 0 bridgehead atoms. The molecule has 0 radical (unpaired) electrons. The van der Waals surface area contributed by atoms with Crippen molar-refractivity contribution >= 4 is 6.09 Å². The van der Waals surface area contributed by atoms with Crippen LogP contribution in [0.2, 0.25) is 0 Å². The van der Waals surface area contributed by atoms with Gasteiger partial charge in [-0.1, -0.05) is 39.5 Å². The van der Waals surface area contributed by atoms with Gasteiger partial charge < -0.3 is 14.7 Å². The van der Waals surface area contributed by atoms with E-state index in [9.17, 15) is 4.79 Å². The maximum Gasteiger partial charge on any atom is 0.410 e. The standard InChI is InChI=1S/C9H17NO2.C9H20O/c1-9(2,3)12-8(11)10-6-4-5-7-10;1-3-5-6-7-8-9(10)4-2/h4-7H2,1-3H3;9-10H,3-8H2,1-2H3. The second-order valence-corrected chi connectivity index (χ2v) is 7.09. The van der Waals surface area contributed by atoms with Crippen molar-refractivity contribution in [1.29, 1.82) is 0 Å². The Hall–Kier alpha value is -0.770. The molecule has 0 aromatic heterocycles. The summed E-state index contributed by atoms with van der Waals surface area (Å²) in [6.07, 6.45) is 8.99. The second kappa shape index (κ2) is 11.8. The molecule has 0 spiro atoms. The summed E-state index contributed by atoms with van der Waals surface area (Å²) in [5, 5.41) is 9.16. The van der Waals surface area contributed by atoms with Gasteiger partial charge in [-0.05, 0) is 46.5 Å². The molecule has 1 N–H and O–H groups in total. The molecule has 0 aromatic rings. The molecule has 1 atom stereocenters. The highest BCUT2D eigenvalue weighted by Gasteiger charge is 2.23. The lowest BCUT2D eigenvalue weighted by molar-refractivity contribution is 0.0295. The van der Waals surface area contributed by atoms with Crippen LogP contribution in [0.4, 0.5) is 4.79 Å². The summed E-state index contributed by atoms with van der Waals surface area (Å²) in [7, 11) is 0. The molecular weight excluding hydrogens is 278 g/mol. The van der Waals surface area contributed by atoms with E-state index in [0.717, 1.165) is 38.8 Å². The van der Waals surface area contributed by atoms with Crippen molar-refractivity contribution < 1.29 is 14.6 Å². The topological polar surface area (TPSA) is 49.8 Å². The number of carbonyl (C=O) groups is 1. The maximum absolute atomic E-state index is 11.4. The predicted octanol–water partition coefficient (Wildman–Crippen LogP) is 4.75. The molecule has 1 unspecified atom stereocenters. The van der Waals surface area contributed by atoms with E-state index in [1.807, 2.05) is 27.7 Å². The zero-order valence-electron chi connectivity index (χ0n) is 15.4. The smallest absolute Gasteiger partial charge is 0.410 e. The lowest BCUT2D eigenvalue weighted by Crippen LogP contribution is -2.34. The molecule has 132 valence electrons. The minimum absolute atomic E-state index is 0.0446. The van der Waals surface area contributed by atoms with Crippen molar-refractivity contribution in [2.75, 3.05) is 13.1 Å². The highest BCUT2D eigenvalue weighted by atomic mass is 16.6. The van der Waals surface area contributed by atoms with Crippen LogP contribution < -0.4 is 0 Å². The average Bonchev–Trinajstić information content (AvgIpc) is 2.96. The van der Waals surface area contributed by atoms with Gasteiger partial charge in [-0.15, -0.1) is 0 Å². The molecule has 1 amide bonds. The first-order chi connectivity index (χ1) is 10.3. The number of hydrogen-bond acceptors (Lipinski definition) is 3. The Morgan fingerprint density at radius 3 is 2.18 bits per heavy atom. The van der Waals surface area contributed by atoms with Crippen LogP contribution in [0.15, 0.2) is 0 Å². The van der Waals surface area contributed by atoms with Crippen molar-refractivity contribution in [3.8, 4) is 0 Å². The summed E-state index contributed by atoms with van der Waals surface area (Å²) < 4.78 is 5.21. The highest BCUT2D eigenvalue weighted by Crippen LogP contribution is 2.14. The summed E-state index contributed by atoms with van der Waals surface area (Å²) in [6, 6.07) is 0. The Kier molecular flexibility index (Phi) is 11.3. The minimum atomic E-state index is -0.361. The first kappa shape index (κ1) is 21.2. The van der Waals surface area contributed by atoms with Gasteiger partial charge in [0.25, 0.3) is 0 Å². The van der Waals surface area contributed by atoms with Gasteiger partial charge in [0, 0.05) is 13.1 Å². The Morgan fingerprint density at radius 1 is 1.14 bits per heavy atom. The van der Waals surface area contributed by atoms with Gasteiger partial charge in [0.1, 0.15) is 5.60 Å². The molecule has 22 heavy (non-hydrogen) atoms. The molecule has 0 aromatic carbocycles. The summed E-state index contributed by atoms with van der Waals surface area (Å²) in [6.45, 7) is 11.6. The number of aliphatic hydroxyl groups is 1. The number of ether oxygens (including phenoxy) is 1. The van der Waals surface area contributed by atoms with Crippen molar-refractivity contribution in [3.63, 3.8) is 0 Å². The molecule has 1 fully saturated rings. The van der Waals surface area contributed by atoms with Crippen LogP contribution in [0.5, 0.6) is 0 Å². The van der Waals surface area contributed by atoms with E-state index in [4.69, 9.17) is 9.84 Å². The number of likely N-dealkylation sites (tertiary alicyclic amines) is 1. The number of nitrogens with zero attached hydrogens (tertiary/aromatic N) is 1. The lowest BCUT2D eigenvalue weighted by Gasteiger charge is -2.23. The van der Waals surface area contributed by atoms with Gasteiger partial charge in [0.05, 0.1) is 6.10 Å². The molecule has 0 saturated carbocycles. The summed E-state index contributed by atoms with van der Waals surface area (Å²) in [4.78, 5) is 13.1.